The number of hydrogen-bond donors (Lipinski definition) is 1. The number of nitro groups is 1. The lowest BCUT2D eigenvalue weighted by molar-refractivity contribution is -0.384. The molecule has 0 aliphatic rings. The van der Waals surface area contributed by atoms with Crippen molar-refractivity contribution in [3.63, 3.8) is 0 Å². The second-order valence-electron chi connectivity index (χ2n) is 3.96. The molecule has 0 radical (unpaired) electrons. The monoisotopic (exact) mass is 248 g/mol. The maximum atomic E-state index is 11.0. The van der Waals surface area contributed by atoms with Crippen molar-refractivity contribution in [2.75, 3.05) is 0 Å². The fraction of sp³-hybridized carbons (Fsp3) is 0.273. The molecular weight excluding hydrogens is 236 g/mol. The third-order valence-corrected chi connectivity index (χ3v) is 2.49. The first-order valence-electron chi connectivity index (χ1n) is 5.34. The largest absolute Gasteiger partial charge is 0.419 e. The van der Waals surface area contributed by atoms with E-state index in [-0.39, 0.29) is 17.5 Å². The summed E-state index contributed by atoms with van der Waals surface area (Å²) in [4.78, 5) is 10.5. The average Bonchev–Trinajstić information content (AvgIpc) is 2.77. The van der Waals surface area contributed by atoms with Gasteiger partial charge in [0.1, 0.15) is 5.56 Å². The Morgan fingerprint density at radius 3 is 2.72 bits per heavy atom. The fourth-order valence-corrected chi connectivity index (χ4v) is 1.60. The third-order valence-electron chi connectivity index (χ3n) is 2.49. The Morgan fingerprint density at radius 2 is 2.17 bits per heavy atom. The number of aryl methyl sites for hydroxylation is 1. The maximum absolute atomic E-state index is 11.0. The van der Waals surface area contributed by atoms with Crippen LogP contribution in [0.5, 0.6) is 0 Å². The summed E-state index contributed by atoms with van der Waals surface area (Å²) in [5, 5.41) is 18.6. The summed E-state index contributed by atoms with van der Waals surface area (Å²) in [7, 11) is 0. The van der Waals surface area contributed by atoms with E-state index in [1.165, 1.54) is 6.07 Å². The minimum atomic E-state index is -0.474. The van der Waals surface area contributed by atoms with Gasteiger partial charge in [0.25, 0.3) is 11.6 Å². The van der Waals surface area contributed by atoms with Crippen LogP contribution in [0.25, 0.3) is 11.5 Å². The lowest BCUT2D eigenvalue weighted by Crippen LogP contribution is -2.04. The van der Waals surface area contributed by atoms with Crippen LogP contribution in [-0.4, -0.2) is 15.1 Å². The van der Waals surface area contributed by atoms with Crippen molar-refractivity contribution >= 4 is 5.69 Å². The van der Waals surface area contributed by atoms with E-state index >= 15 is 0 Å². The molecule has 0 saturated carbocycles. The predicted molar refractivity (Wildman–Crippen MR) is 63.7 cm³/mol. The smallest absolute Gasteiger partial charge is 0.282 e. The van der Waals surface area contributed by atoms with Crippen molar-refractivity contribution in [2.45, 2.75) is 19.9 Å². The molecule has 0 aliphatic heterocycles. The molecule has 0 fully saturated rings. The third kappa shape index (κ3) is 2.07. The summed E-state index contributed by atoms with van der Waals surface area (Å²) in [6.45, 7) is 3.45. The summed E-state index contributed by atoms with van der Waals surface area (Å²) in [5.74, 6) is 0.370. The van der Waals surface area contributed by atoms with E-state index in [1.54, 1.807) is 26.0 Å². The van der Waals surface area contributed by atoms with Crippen LogP contribution in [-0.2, 0) is 0 Å². The molecule has 1 aromatic heterocycles. The van der Waals surface area contributed by atoms with Crippen LogP contribution in [0.1, 0.15) is 24.4 Å². The van der Waals surface area contributed by atoms with Gasteiger partial charge >= 0.3 is 0 Å². The fourth-order valence-electron chi connectivity index (χ4n) is 1.60. The summed E-state index contributed by atoms with van der Waals surface area (Å²) in [6, 6.07) is 4.35. The number of hydrogen-bond acceptors (Lipinski definition) is 6. The molecule has 0 aliphatic carbocycles. The van der Waals surface area contributed by atoms with Crippen LogP contribution >= 0.6 is 0 Å². The minimum absolute atomic E-state index is 0.0603. The molecule has 18 heavy (non-hydrogen) atoms. The van der Waals surface area contributed by atoms with Crippen molar-refractivity contribution in [3.05, 3.63) is 39.8 Å². The first-order chi connectivity index (χ1) is 8.50. The van der Waals surface area contributed by atoms with E-state index in [9.17, 15) is 10.1 Å². The number of nitrogens with zero attached hydrogens (tertiary/aromatic N) is 3. The molecule has 1 atom stereocenters. The number of aromatic nitrogens is 2. The molecule has 1 unspecified atom stereocenters. The lowest BCUT2D eigenvalue weighted by atomic mass is 10.1. The zero-order valence-electron chi connectivity index (χ0n) is 9.95. The molecule has 0 bridgehead atoms. The highest BCUT2D eigenvalue weighted by atomic mass is 16.6. The van der Waals surface area contributed by atoms with E-state index in [0.717, 1.165) is 0 Å². The summed E-state index contributed by atoms with van der Waals surface area (Å²) in [5.41, 5.74) is 6.58. The van der Waals surface area contributed by atoms with Crippen molar-refractivity contribution in [1.82, 2.24) is 10.2 Å². The SMILES string of the molecule is Cc1cccc([N+](=O)[O-])c1-c1nnc(C(C)N)o1. The van der Waals surface area contributed by atoms with Gasteiger partial charge in [-0.15, -0.1) is 10.2 Å². The second kappa shape index (κ2) is 4.53. The van der Waals surface area contributed by atoms with Gasteiger partial charge in [0, 0.05) is 6.07 Å². The number of nitro benzene ring substituents is 1. The quantitative estimate of drug-likeness (QED) is 0.657. The van der Waals surface area contributed by atoms with Crippen LogP contribution in [0.4, 0.5) is 5.69 Å². The van der Waals surface area contributed by atoms with Gasteiger partial charge in [-0.25, -0.2) is 0 Å². The zero-order chi connectivity index (χ0) is 13.3. The Kier molecular flexibility index (Phi) is 3.07. The number of nitrogens with two attached hydrogens (primary N) is 1. The van der Waals surface area contributed by atoms with Crippen LogP contribution in [0.3, 0.4) is 0 Å². The van der Waals surface area contributed by atoms with Gasteiger partial charge in [-0.3, -0.25) is 10.1 Å². The van der Waals surface area contributed by atoms with Gasteiger partial charge in [-0.05, 0) is 19.4 Å². The predicted octanol–water partition coefficient (Wildman–Crippen LogP) is 1.97. The maximum Gasteiger partial charge on any atom is 0.282 e. The molecule has 0 saturated heterocycles. The molecule has 2 N–H and O–H groups in total. The highest BCUT2D eigenvalue weighted by Crippen LogP contribution is 2.32. The highest BCUT2D eigenvalue weighted by molar-refractivity contribution is 5.70. The van der Waals surface area contributed by atoms with Crippen LogP contribution in [0.15, 0.2) is 22.6 Å². The van der Waals surface area contributed by atoms with Crippen LogP contribution in [0, 0.1) is 17.0 Å². The molecule has 2 aromatic rings. The van der Waals surface area contributed by atoms with Crippen molar-refractivity contribution in [1.29, 1.82) is 0 Å². The Bertz CT molecular complexity index is 592. The standard InChI is InChI=1S/C11H12N4O3/c1-6-4-3-5-8(15(16)17)9(6)11-14-13-10(18-11)7(2)12/h3-5,7H,12H2,1-2H3. The molecule has 94 valence electrons. The highest BCUT2D eigenvalue weighted by Gasteiger charge is 2.22. The Hall–Kier alpha value is -2.28. The van der Waals surface area contributed by atoms with Crippen LogP contribution in [0.2, 0.25) is 0 Å². The topological polar surface area (TPSA) is 108 Å². The van der Waals surface area contributed by atoms with Crippen molar-refractivity contribution in [2.24, 2.45) is 5.73 Å². The first kappa shape index (κ1) is 12.2. The molecule has 1 aromatic carbocycles. The average molecular weight is 248 g/mol. The Balaban J connectivity index is 2.58. The van der Waals surface area contributed by atoms with E-state index in [1.807, 2.05) is 0 Å². The van der Waals surface area contributed by atoms with Gasteiger partial charge in [0.2, 0.25) is 5.89 Å². The first-order valence-corrected chi connectivity index (χ1v) is 5.34. The number of rotatable bonds is 3. The van der Waals surface area contributed by atoms with Gasteiger partial charge in [-0.2, -0.15) is 0 Å². The minimum Gasteiger partial charge on any atom is -0.419 e. The van der Waals surface area contributed by atoms with Gasteiger partial charge in [0.15, 0.2) is 0 Å². The Morgan fingerprint density at radius 1 is 1.44 bits per heavy atom. The number of benzene rings is 1. The van der Waals surface area contributed by atoms with E-state index in [2.05, 4.69) is 10.2 Å². The molecule has 0 amide bonds. The molecular formula is C11H12N4O3. The summed E-state index contributed by atoms with van der Waals surface area (Å²) < 4.78 is 5.35. The van der Waals surface area contributed by atoms with Gasteiger partial charge in [-0.1, -0.05) is 12.1 Å². The van der Waals surface area contributed by atoms with E-state index in [0.29, 0.717) is 11.1 Å². The second-order valence-corrected chi connectivity index (χ2v) is 3.96. The van der Waals surface area contributed by atoms with Gasteiger partial charge < -0.3 is 10.2 Å². The zero-order valence-corrected chi connectivity index (χ0v) is 9.95. The van der Waals surface area contributed by atoms with Crippen LogP contribution < -0.4 is 5.73 Å². The summed E-state index contributed by atoms with van der Waals surface area (Å²) in [6.07, 6.45) is 0. The lowest BCUT2D eigenvalue weighted by Gasteiger charge is -2.02. The van der Waals surface area contributed by atoms with Gasteiger partial charge in [0.05, 0.1) is 11.0 Å². The Labute approximate surface area is 103 Å². The van der Waals surface area contributed by atoms with Crippen molar-refractivity contribution < 1.29 is 9.34 Å². The molecule has 1 heterocycles. The summed E-state index contributed by atoms with van der Waals surface area (Å²) >= 11 is 0. The molecule has 2 rings (SSSR count). The van der Waals surface area contributed by atoms with E-state index in [4.69, 9.17) is 10.2 Å². The molecule has 0 spiro atoms. The molecule has 7 nitrogen and oxygen atoms in total. The normalized spacial score (nSPS) is 12.4. The van der Waals surface area contributed by atoms with E-state index < -0.39 is 11.0 Å². The van der Waals surface area contributed by atoms with Crippen molar-refractivity contribution in [3.8, 4) is 11.5 Å². The molecule has 7 heteroatoms.